The lowest BCUT2D eigenvalue weighted by molar-refractivity contribution is -0.115. The van der Waals surface area contributed by atoms with E-state index in [0.717, 1.165) is 5.56 Å². The Bertz CT molecular complexity index is 1230. The van der Waals surface area contributed by atoms with Crippen LogP contribution in [0, 0.1) is 0 Å². The number of rotatable bonds is 9. The molecule has 0 aliphatic rings. The van der Waals surface area contributed by atoms with Gasteiger partial charge in [-0.05, 0) is 24.6 Å². The fraction of sp³-hybridized carbons (Fsp3) is 0.227. The number of amides is 1. The molecule has 0 fully saturated rings. The van der Waals surface area contributed by atoms with Crippen molar-refractivity contribution in [2.45, 2.75) is 24.1 Å². The topological polar surface area (TPSA) is 113 Å². The van der Waals surface area contributed by atoms with Crippen molar-refractivity contribution in [2.75, 3.05) is 29.0 Å². The van der Waals surface area contributed by atoms with Gasteiger partial charge in [0.25, 0.3) is 11.3 Å². The highest BCUT2D eigenvalue weighted by molar-refractivity contribution is 7.99. The van der Waals surface area contributed by atoms with E-state index in [1.54, 1.807) is 19.1 Å². The van der Waals surface area contributed by atoms with Crippen molar-refractivity contribution in [1.29, 1.82) is 0 Å². The van der Waals surface area contributed by atoms with Crippen LogP contribution >= 0.6 is 11.8 Å². The molecule has 11 heteroatoms. The van der Waals surface area contributed by atoms with Crippen molar-refractivity contribution in [2.24, 2.45) is 0 Å². The Morgan fingerprint density at radius 3 is 2.48 bits per heavy atom. The largest absolute Gasteiger partial charge is 0.383 e. The number of nitrogen functional groups attached to an aromatic ring is 1. The van der Waals surface area contributed by atoms with E-state index < -0.39 is 22.9 Å². The second-order valence-electron chi connectivity index (χ2n) is 7.00. The summed E-state index contributed by atoms with van der Waals surface area (Å²) >= 11 is 0.323. The molecule has 0 spiro atoms. The summed E-state index contributed by atoms with van der Waals surface area (Å²) in [4.78, 5) is 41.5. The molecule has 0 saturated carbocycles. The van der Waals surface area contributed by atoms with E-state index in [1.807, 2.05) is 30.3 Å². The van der Waals surface area contributed by atoms with Crippen LogP contribution in [0.3, 0.4) is 0 Å². The van der Waals surface area contributed by atoms with Crippen molar-refractivity contribution < 1.29 is 13.6 Å². The number of H-pyrrole nitrogens is 1. The molecule has 0 atom stereocenters. The highest BCUT2D eigenvalue weighted by Gasteiger charge is 2.21. The number of hydrogen-bond acceptors (Lipinski definition) is 6. The minimum absolute atomic E-state index is 0.0154. The molecule has 4 N–H and O–H groups in total. The van der Waals surface area contributed by atoms with Gasteiger partial charge in [0.15, 0.2) is 0 Å². The number of carbonyl (C=O) groups is 1. The average Bonchev–Trinajstić information content (AvgIpc) is 2.77. The summed E-state index contributed by atoms with van der Waals surface area (Å²) in [5, 5.41) is 2.60. The van der Waals surface area contributed by atoms with Crippen LogP contribution in [0.5, 0.6) is 0 Å². The quantitative estimate of drug-likeness (QED) is 0.410. The van der Waals surface area contributed by atoms with Gasteiger partial charge in [-0.2, -0.15) is 8.78 Å². The minimum Gasteiger partial charge on any atom is -0.383 e. The number of thioether (sulfide) groups is 1. The molecule has 1 amide bonds. The summed E-state index contributed by atoms with van der Waals surface area (Å²) in [6.07, 6.45) is 0. The van der Waals surface area contributed by atoms with Gasteiger partial charge >= 0.3 is 5.69 Å². The molecule has 0 aliphatic heterocycles. The zero-order chi connectivity index (χ0) is 24.0. The van der Waals surface area contributed by atoms with Gasteiger partial charge in [-0.3, -0.25) is 19.1 Å². The van der Waals surface area contributed by atoms with Gasteiger partial charge in [0.1, 0.15) is 11.5 Å². The molecule has 0 bridgehead atoms. The minimum atomic E-state index is -2.64. The molecular weight excluding hydrogens is 452 g/mol. The van der Waals surface area contributed by atoms with Gasteiger partial charge in [0.2, 0.25) is 5.91 Å². The number of hydrogen-bond donors (Lipinski definition) is 3. The van der Waals surface area contributed by atoms with Crippen LogP contribution < -0.4 is 27.2 Å². The van der Waals surface area contributed by atoms with E-state index in [1.165, 1.54) is 21.6 Å². The predicted octanol–water partition coefficient (Wildman–Crippen LogP) is 2.95. The Labute approximate surface area is 192 Å². The first kappa shape index (κ1) is 24.1. The van der Waals surface area contributed by atoms with E-state index in [4.69, 9.17) is 5.73 Å². The number of nitrogens with two attached hydrogens (primary N) is 1. The van der Waals surface area contributed by atoms with Gasteiger partial charge in [0.05, 0.1) is 18.8 Å². The molecule has 3 rings (SSSR count). The highest BCUT2D eigenvalue weighted by Crippen LogP contribution is 2.31. The highest BCUT2D eigenvalue weighted by atomic mass is 32.2. The van der Waals surface area contributed by atoms with Crippen LogP contribution in [-0.2, 0) is 11.3 Å². The second kappa shape index (κ2) is 10.8. The van der Waals surface area contributed by atoms with Crippen LogP contribution in [0.1, 0.15) is 12.5 Å². The normalized spacial score (nSPS) is 10.9. The van der Waals surface area contributed by atoms with Crippen LogP contribution in [0.25, 0.3) is 0 Å². The Balaban J connectivity index is 1.86. The molecule has 33 heavy (non-hydrogen) atoms. The van der Waals surface area contributed by atoms with E-state index in [2.05, 4.69) is 10.3 Å². The number of aromatic nitrogens is 2. The van der Waals surface area contributed by atoms with Crippen LogP contribution in [-0.4, -0.2) is 34.3 Å². The number of anilines is 3. The third-order valence-electron chi connectivity index (χ3n) is 4.81. The Kier molecular flexibility index (Phi) is 7.88. The first-order valence-electron chi connectivity index (χ1n) is 10.0. The van der Waals surface area contributed by atoms with Gasteiger partial charge in [-0.1, -0.05) is 54.2 Å². The fourth-order valence-corrected chi connectivity index (χ4v) is 3.88. The Morgan fingerprint density at radius 2 is 1.82 bits per heavy atom. The lowest BCUT2D eigenvalue weighted by atomic mass is 10.2. The Morgan fingerprint density at radius 1 is 1.15 bits per heavy atom. The van der Waals surface area contributed by atoms with Gasteiger partial charge < -0.3 is 16.0 Å². The number of halogens is 2. The summed E-state index contributed by atoms with van der Waals surface area (Å²) in [6.45, 7) is 1.81. The van der Waals surface area contributed by atoms with E-state index in [0.29, 0.717) is 11.8 Å². The molecule has 8 nitrogen and oxygen atoms in total. The predicted molar refractivity (Wildman–Crippen MR) is 126 cm³/mol. The van der Waals surface area contributed by atoms with Crippen molar-refractivity contribution in [3.05, 3.63) is 81.0 Å². The third kappa shape index (κ3) is 6.01. The lowest BCUT2D eigenvalue weighted by Gasteiger charge is -2.24. The molecule has 174 valence electrons. The second-order valence-corrected chi connectivity index (χ2v) is 8.03. The Hall–Kier alpha value is -3.60. The number of para-hydroxylation sites is 1. The van der Waals surface area contributed by atoms with Crippen molar-refractivity contribution in [3.63, 3.8) is 0 Å². The first-order valence-corrected chi connectivity index (χ1v) is 10.9. The van der Waals surface area contributed by atoms with Crippen molar-refractivity contribution >= 4 is 34.9 Å². The zero-order valence-electron chi connectivity index (χ0n) is 17.8. The number of alkyl halides is 2. The maximum absolute atomic E-state index is 12.8. The van der Waals surface area contributed by atoms with Crippen molar-refractivity contribution in [3.8, 4) is 0 Å². The first-order chi connectivity index (χ1) is 15.8. The van der Waals surface area contributed by atoms with Crippen molar-refractivity contribution in [1.82, 2.24) is 9.55 Å². The molecule has 0 aliphatic carbocycles. The maximum atomic E-state index is 12.8. The summed E-state index contributed by atoms with van der Waals surface area (Å²) in [5.74, 6) is -3.24. The third-order valence-corrected chi connectivity index (χ3v) is 5.60. The van der Waals surface area contributed by atoms with E-state index in [9.17, 15) is 23.2 Å². The standard InChI is InChI=1S/C22H23F2N5O3S/c1-2-28(13-17(30)26-15-10-6-7-11-16(15)33-21(23)24)18-19(25)29(22(32)27-20(18)31)12-14-8-4-3-5-9-14/h3-11,21H,2,12-13,25H2,1H3,(H,26,30)(H,27,31,32). The smallest absolute Gasteiger partial charge is 0.330 e. The SMILES string of the molecule is CCN(CC(=O)Nc1ccccc1SC(F)F)c1c(N)n(Cc2ccccc2)c(=O)[nH]c1=O. The van der Waals surface area contributed by atoms with E-state index >= 15 is 0 Å². The summed E-state index contributed by atoms with van der Waals surface area (Å²) in [6, 6.07) is 15.3. The van der Waals surface area contributed by atoms with Crippen LogP contribution in [0.2, 0.25) is 0 Å². The van der Waals surface area contributed by atoms with Gasteiger partial charge in [-0.25, -0.2) is 4.79 Å². The number of aromatic amines is 1. The summed E-state index contributed by atoms with van der Waals surface area (Å²) < 4.78 is 26.8. The fourth-order valence-electron chi connectivity index (χ4n) is 3.29. The summed E-state index contributed by atoms with van der Waals surface area (Å²) in [7, 11) is 0. The lowest BCUT2D eigenvalue weighted by Crippen LogP contribution is -2.41. The van der Waals surface area contributed by atoms with Crippen LogP contribution in [0.15, 0.2) is 69.1 Å². The van der Waals surface area contributed by atoms with E-state index in [-0.39, 0.29) is 41.7 Å². The molecule has 0 saturated heterocycles. The molecule has 0 unspecified atom stereocenters. The molecule has 1 heterocycles. The molecule has 1 aromatic heterocycles. The average molecular weight is 476 g/mol. The zero-order valence-corrected chi connectivity index (χ0v) is 18.6. The number of nitrogens with one attached hydrogen (secondary N) is 2. The molecular formula is C22H23F2N5O3S. The number of carbonyl (C=O) groups excluding carboxylic acids is 1. The van der Waals surface area contributed by atoms with Crippen LogP contribution in [0.4, 0.5) is 26.0 Å². The number of likely N-dealkylation sites (N-methyl/N-ethyl adjacent to an activating group) is 1. The maximum Gasteiger partial charge on any atom is 0.330 e. The number of nitrogens with zero attached hydrogens (tertiary/aromatic N) is 2. The van der Waals surface area contributed by atoms with Gasteiger partial charge in [-0.15, -0.1) is 0 Å². The number of benzene rings is 2. The monoisotopic (exact) mass is 475 g/mol. The van der Waals surface area contributed by atoms with Gasteiger partial charge in [0, 0.05) is 11.4 Å². The summed E-state index contributed by atoms with van der Waals surface area (Å²) in [5.41, 5.74) is 5.84. The molecule has 0 radical (unpaired) electrons. The molecule has 3 aromatic rings. The molecule has 2 aromatic carbocycles.